The predicted octanol–water partition coefficient (Wildman–Crippen LogP) is 2.58. The molecule has 0 bridgehead atoms. The van der Waals surface area contributed by atoms with Crippen LogP contribution in [0.25, 0.3) is 10.9 Å². The maximum Gasteiger partial charge on any atom is 0.271 e. The van der Waals surface area contributed by atoms with Crippen molar-refractivity contribution in [3.63, 3.8) is 0 Å². The standard InChI is InChI=1S/C18H17BrN6O/c19-13-3-4-15-12(8-13)9-22-18(24-15)25-7-1-2-14(11-25)23-17(26)16-10-20-5-6-21-16/h3-6,8-10,14H,1-2,7,11H2,(H,23,26). The van der Waals surface area contributed by atoms with Crippen molar-refractivity contribution >= 4 is 38.7 Å². The van der Waals surface area contributed by atoms with E-state index >= 15 is 0 Å². The molecule has 1 unspecified atom stereocenters. The van der Waals surface area contributed by atoms with Crippen LogP contribution in [0.2, 0.25) is 0 Å². The molecule has 2 aromatic heterocycles. The molecule has 3 aromatic rings. The second-order valence-electron chi connectivity index (χ2n) is 6.22. The Morgan fingerprint density at radius 2 is 2.15 bits per heavy atom. The Kier molecular flexibility index (Phi) is 4.75. The first-order valence-electron chi connectivity index (χ1n) is 8.43. The van der Waals surface area contributed by atoms with E-state index in [1.165, 1.54) is 12.4 Å². The van der Waals surface area contributed by atoms with E-state index in [-0.39, 0.29) is 11.9 Å². The number of piperidine rings is 1. The first-order chi connectivity index (χ1) is 12.7. The highest BCUT2D eigenvalue weighted by molar-refractivity contribution is 9.10. The number of hydrogen-bond acceptors (Lipinski definition) is 6. The minimum absolute atomic E-state index is 0.0301. The van der Waals surface area contributed by atoms with Gasteiger partial charge in [0.05, 0.1) is 11.7 Å². The van der Waals surface area contributed by atoms with Crippen LogP contribution in [0, 0.1) is 0 Å². The SMILES string of the molecule is O=C(NC1CCCN(c2ncc3cc(Br)ccc3n2)C1)c1cnccn1. The topological polar surface area (TPSA) is 83.9 Å². The van der Waals surface area contributed by atoms with E-state index in [1.807, 2.05) is 24.4 Å². The lowest BCUT2D eigenvalue weighted by Crippen LogP contribution is -2.48. The number of carbonyl (C=O) groups excluding carboxylic acids is 1. The van der Waals surface area contributed by atoms with E-state index in [4.69, 9.17) is 0 Å². The molecule has 0 saturated carbocycles. The number of benzene rings is 1. The summed E-state index contributed by atoms with van der Waals surface area (Å²) in [7, 11) is 0. The second kappa shape index (κ2) is 7.33. The van der Waals surface area contributed by atoms with Gasteiger partial charge in [-0.2, -0.15) is 0 Å². The Bertz CT molecular complexity index is 935. The van der Waals surface area contributed by atoms with Gasteiger partial charge in [-0.3, -0.25) is 9.78 Å². The van der Waals surface area contributed by atoms with Crippen LogP contribution in [0.1, 0.15) is 23.3 Å². The van der Waals surface area contributed by atoms with E-state index in [0.29, 0.717) is 18.2 Å². The molecule has 1 atom stereocenters. The van der Waals surface area contributed by atoms with E-state index in [1.54, 1.807) is 6.20 Å². The van der Waals surface area contributed by atoms with Crippen molar-refractivity contribution in [2.24, 2.45) is 0 Å². The van der Waals surface area contributed by atoms with Crippen LogP contribution in [0.5, 0.6) is 0 Å². The third kappa shape index (κ3) is 3.65. The minimum atomic E-state index is -0.200. The van der Waals surface area contributed by atoms with Crippen LogP contribution in [-0.4, -0.2) is 45.0 Å². The molecule has 1 N–H and O–H groups in total. The monoisotopic (exact) mass is 412 g/mol. The molecule has 1 aliphatic rings. The molecule has 132 valence electrons. The summed E-state index contributed by atoms with van der Waals surface area (Å²) in [6.45, 7) is 1.55. The van der Waals surface area contributed by atoms with Gasteiger partial charge in [-0.15, -0.1) is 0 Å². The fourth-order valence-corrected chi connectivity index (χ4v) is 3.48. The van der Waals surface area contributed by atoms with Crippen LogP contribution in [0.4, 0.5) is 5.95 Å². The molecule has 1 saturated heterocycles. The number of carbonyl (C=O) groups is 1. The maximum atomic E-state index is 12.3. The molecule has 1 fully saturated rings. The molecular formula is C18H17BrN6O. The number of rotatable bonds is 3. The zero-order valence-corrected chi connectivity index (χ0v) is 15.6. The van der Waals surface area contributed by atoms with Crippen molar-refractivity contribution < 1.29 is 4.79 Å². The van der Waals surface area contributed by atoms with Crippen molar-refractivity contribution in [1.82, 2.24) is 25.3 Å². The molecule has 7 nitrogen and oxygen atoms in total. The molecular weight excluding hydrogens is 396 g/mol. The van der Waals surface area contributed by atoms with Gasteiger partial charge in [-0.1, -0.05) is 15.9 Å². The summed E-state index contributed by atoms with van der Waals surface area (Å²) in [5, 5.41) is 4.03. The number of nitrogens with one attached hydrogen (secondary N) is 1. The smallest absolute Gasteiger partial charge is 0.271 e. The highest BCUT2D eigenvalue weighted by atomic mass is 79.9. The number of anilines is 1. The number of halogens is 1. The molecule has 0 aliphatic carbocycles. The summed E-state index contributed by atoms with van der Waals surface area (Å²) in [5.41, 5.74) is 1.24. The van der Waals surface area contributed by atoms with E-state index < -0.39 is 0 Å². The van der Waals surface area contributed by atoms with Gasteiger partial charge in [0.15, 0.2) is 0 Å². The van der Waals surface area contributed by atoms with Gasteiger partial charge in [0, 0.05) is 47.6 Å². The van der Waals surface area contributed by atoms with Gasteiger partial charge in [0.25, 0.3) is 5.91 Å². The van der Waals surface area contributed by atoms with Gasteiger partial charge in [-0.05, 0) is 31.0 Å². The molecule has 0 spiro atoms. The highest BCUT2D eigenvalue weighted by Gasteiger charge is 2.24. The van der Waals surface area contributed by atoms with E-state index in [2.05, 4.69) is 46.1 Å². The summed E-state index contributed by atoms with van der Waals surface area (Å²) in [5.74, 6) is 0.493. The molecule has 26 heavy (non-hydrogen) atoms. The zero-order chi connectivity index (χ0) is 17.9. The summed E-state index contributed by atoms with van der Waals surface area (Å²) in [6, 6.07) is 5.97. The molecule has 4 rings (SSSR count). The lowest BCUT2D eigenvalue weighted by molar-refractivity contribution is 0.0927. The fraction of sp³-hybridized carbons (Fsp3) is 0.278. The fourth-order valence-electron chi connectivity index (χ4n) is 3.10. The van der Waals surface area contributed by atoms with Crippen LogP contribution < -0.4 is 10.2 Å². The van der Waals surface area contributed by atoms with Crippen LogP contribution >= 0.6 is 15.9 Å². The molecule has 1 amide bonds. The van der Waals surface area contributed by atoms with Crippen molar-refractivity contribution in [2.75, 3.05) is 18.0 Å². The van der Waals surface area contributed by atoms with E-state index in [9.17, 15) is 4.79 Å². The number of aromatic nitrogens is 4. The second-order valence-corrected chi connectivity index (χ2v) is 7.14. The lowest BCUT2D eigenvalue weighted by atomic mass is 10.1. The third-order valence-corrected chi connectivity index (χ3v) is 4.86. The predicted molar refractivity (Wildman–Crippen MR) is 102 cm³/mol. The summed E-state index contributed by atoms with van der Waals surface area (Å²) >= 11 is 3.46. The Morgan fingerprint density at radius 1 is 1.23 bits per heavy atom. The van der Waals surface area contributed by atoms with Crippen molar-refractivity contribution in [2.45, 2.75) is 18.9 Å². The number of nitrogens with zero attached hydrogens (tertiary/aromatic N) is 5. The van der Waals surface area contributed by atoms with Crippen molar-refractivity contribution in [3.8, 4) is 0 Å². The largest absolute Gasteiger partial charge is 0.346 e. The van der Waals surface area contributed by atoms with Crippen molar-refractivity contribution in [1.29, 1.82) is 0 Å². The number of hydrogen-bond donors (Lipinski definition) is 1. The molecule has 0 radical (unpaired) electrons. The molecule has 1 aromatic carbocycles. The average Bonchev–Trinajstić information content (AvgIpc) is 2.68. The van der Waals surface area contributed by atoms with Gasteiger partial charge in [0.2, 0.25) is 5.95 Å². The quantitative estimate of drug-likeness (QED) is 0.711. The van der Waals surface area contributed by atoms with Gasteiger partial charge < -0.3 is 10.2 Å². The summed E-state index contributed by atoms with van der Waals surface area (Å²) in [6.07, 6.45) is 8.26. The van der Waals surface area contributed by atoms with Crippen molar-refractivity contribution in [3.05, 3.63) is 53.2 Å². The molecule has 3 heterocycles. The van der Waals surface area contributed by atoms with Crippen LogP contribution in [0.3, 0.4) is 0 Å². The Morgan fingerprint density at radius 3 is 3.00 bits per heavy atom. The summed E-state index contributed by atoms with van der Waals surface area (Å²) in [4.78, 5) is 31.6. The minimum Gasteiger partial charge on any atom is -0.346 e. The first kappa shape index (κ1) is 16.8. The maximum absolute atomic E-state index is 12.3. The highest BCUT2D eigenvalue weighted by Crippen LogP contribution is 2.22. The average molecular weight is 413 g/mol. The Hall–Kier alpha value is -2.61. The Labute approximate surface area is 159 Å². The van der Waals surface area contributed by atoms with Gasteiger partial charge >= 0.3 is 0 Å². The number of amides is 1. The normalized spacial score (nSPS) is 17.3. The van der Waals surface area contributed by atoms with Gasteiger partial charge in [0.1, 0.15) is 5.69 Å². The third-order valence-electron chi connectivity index (χ3n) is 4.36. The van der Waals surface area contributed by atoms with E-state index in [0.717, 1.165) is 34.8 Å². The summed E-state index contributed by atoms with van der Waals surface area (Å²) < 4.78 is 1.01. The molecule has 8 heteroatoms. The number of fused-ring (bicyclic) bond motifs is 1. The first-order valence-corrected chi connectivity index (χ1v) is 9.22. The zero-order valence-electron chi connectivity index (χ0n) is 14.0. The Balaban J connectivity index is 1.48. The van der Waals surface area contributed by atoms with Gasteiger partial charge in [-0.25, -0.2) is 15.0 Å². The molecule has 1 aliphatic heterocycles. The lowest BCUT2D eigenvalue weighted by Gasteiger charge is -2.33. The van der Waals surface area contributed by atoms with Crippen LogP contribution in [-0.2, 0) is 0 Å². The van der Waals surface area contributed by atoms with Crippen LogP contribution in [0.15, 0.2) is 47.5 Å².